The third kappa shape index (κ3) is 5.58. The summed E-state index contributed by atoms with van der Waals surface area (Å²) in [4.78, 5) is 14.5. The third-order valence-corrected chi connectivity index (χ3v) is 4.98. The molecular weight excluding hydrogens is 369 g/mol. The van der Waals surface area contributed by atoms with Crippen LogP contribution in [0.4, 0.5) is 14.9 Å². The van der Waals surface area contributed by atoms with E-state index in [0.717, 1.165) is 38.0 Å². The van der Waals surface area contributed by atoms with Crippen LogP contribution < -0.4 is 15.4 Å². The summed E-state index contributed by atoms with van der Waals surface area (Å²) in [7, 11) is 1.56. The molecule has 2 amide bonds. The van der Waals surface area contributed by atoms with Gasteiger partial charge in [-0.2, -0.15) is 0 Å². The second-order valence-electron chi connectivity index (χ2n) is 6.62. The van der Waals surface area contributed by atoms with E-state index in [1.807, 2.05) is 12.1 Å². The van der Waals surface area contributed by atoms with Crippen LogP contribution in [0.3, 0.4) is 0 Å². The monoisotopic (exact) mass is 391 g/mol. The number of halogens is 2. The highest BCUT2D eigenvalue weighted by atomic mass is 35.5. The number of anilines is 1. The Morgan fingerprint density at radius 3 is 2.56 bits per heavy atom. The molecule has 1 saturated heterocycles. The summed E-state index contributed by atoms with van der Waals surface area (Å²) in [6.45, 7) is 2.55. The average molecular weight is 392 g/mol. The van der Waals surface area contributed by atoms with Gasteiger partial charge in [-0.25, -0.2) is 9.18 Å². The minimum atomic E-state index is -0.265. The fourth-order valence-corrected chi connectivity index (χ4v) is 3.37. The first-order valence-electron chi connectivity index (χ1n) is 8.91. The molecular formula is C20H23ClFN3O2. The maximum Gasteiger partial charge on any atom is 0.319 e. The zero-order valence-electron chi connectivity index (χ0n) is 15.2. The van der Waals surface area contributed by atoms with Gasteiger partial charge in [0.1, 0.15) is 11.6 Å². The molecule has 0 unspecified atom stereocenters. The van der Waals surface area contributed by atoms with Gasteiger partial charge < -0.3 is 15.4 Å². The topological polar surface area (TPSA) is 53.6 Å². The summed E-state index contributed by atoms with van der Waals surface area (Å²) in [5, 5.41) is 6.21. The van der Waals surface area contributed by atoms with Gasteiger partial charge in [0.2, 0.25) is 0 Å². The van der Waals surface area contributed by atoms with Gasteiger partial charge in [0.15, 0.2) is 0 Å². The van der Waals surface area contributed by atoms with Crippen LogP contribution in [0.25, 0.3) is 0 Å². The van der Waals surface area contributed by atoms with E-state index in [0.29, 0.717) is 16.5 Å². The highest BCUT2D eigenvalue weighted by Crippen LogP contribution is 2.26. The van der Waals surface area contributed by atoms with Gasteiger partial charge in [-0.15, -0.1) is 0 Å². The van der Waals surface area contributed by atoms with E-state index in [4.69, 9.17) is 16.3 Å². The second-order valence-corrected chi connectivity index (χ2v) is 7.03. The number of likely N-dealkylation sites (tertiary alicyclic amines) is 1. The molecule has 0 radical (unpaired) electrons. The first kappa shape index (κ1) is 19.5. The highest BCUT2D eigenvalue weighted by Gasteiger charge is 2.21. The Morgan fingerprint density at radius 1 is 1.22 bits per heavy atom. The number of methoxy groups -OCH3 is 1. The van der Waals surface area contributed by atoms with Crippen LogP contribution in [0.2, 0.25) is 5.02 Å². The normalized spacial score (nSPS) is 15.4. The summed E-state index contributed by atoms with van der Waals surface area (Å²) < 4.78 is 18.1. The molecule has 7 heteroatoms. The summed E-state index contributed by atoms with van der Waals surface area (Å²) in [5.74, 6) is 0.420. The number of carbonyl (C=O) groups excluding carboxylic acids is 1. The van der Waals surface area contributed by atoms with Crippen molar-refractivity contribution < 1.29 is 13.9 Å². The van der Waals surface area contributed by atoms with E-state index in [1.54, 1.807) is 25.3 Å². The van der Waals surface area contributed by atoms with Gasteiger partial charge in [-0.05, 0) is 42.7 Å². The Balaban J connectivity index is 1.44. The number of hydrogen-bond donors (Lipinski definition) is 2. The van der Waals surface area contributed by atoms with E-state index in [2.05, 4.69) is 15.5 Å². The van der Waals surface area contributed by atoms with Crippen LogP contribution in [0.15, 0.2) is 42.5 Å². The largest absolute Gasteiger partial charge is 0.497 e. The molecule has 2 N–H and O–H groups in total. The van der Waals surface area contributed by atoms with E-state index in [1.165, 1.54) is 12.1 Å². The number of piperidine rings is 1. The van der Waals surface area contributed by atoms with Crippen LogP contribution in [-0.2, 0) is 6.54 Å². The fourth-order valence-electron chi connectivity index (χ4n) is 3.15. The van der Waals surface area contributed by atoms with Crippen LogP contribution >= 0.6 is 11.6 Å². The van der Waals surface area contributed by atoms with Crippen LogP contribution in [-0.4, -0.2) is 37.2 Å². The van der Waals surface area contributed by atoms with Crippen molar-refractivity contribution in [3.05, 3.63) is 58.9 Å². The summed E-state index contributed by atoms with van der Waals surface area (Å²) in [6.07, 6.45) is 1.73. The molecule has 1 aliphatic rings. The molecule has 2 aromatic rings. The molecule has 2 aromatic carbocycles. The lowest BCUT2D eigenvalue weighted by Crippen LogP contribution is -2.45. The number of hydrogen-bond acceptors (Lipinski definition) is 3. The van der Waals surface area contributed by atoms with E-state index in [-0.39, 0.29) is 17.9 Å². The lowest BCUT2D eigenvalue weighted by Gasteiger charge is -2.32. The minimum Gasteiger partial charge on any atom is -0.497 e. The molecule has 1 aliphatic heterocycles. The summed E-state index contributed by atoms with van der Waals surface area (Å²) in [5.41, 5.74) is 1.64. The fraction of sp³-hybridized carbons (Fsp3) is 0.350. The number of nitrogens with one attached hydrogen (secondary N) is 2. The van der Waals surface area contributed by atoms with E-state index >= 15 is 0 Å². The molecule has 1 heterocycles. The molecule has 27 heavy (non-hydrogen) atoms. The maximum absolute atomic E-state index is 13.0. The van der Waals surface area contributed by atoms with Crippen molar-refractivity contribution in [2.24, 2.45) is 0 Å². The van der Waals surface area contributed by atoms with Crippen molar-refractivity contribution in [1.29, 1.82) is 0 Å². The summed E-state index contributed by atoms with van der Waals surface area (Å²) in [6, 6.07) is 11.6. The number of nitrogens with zero attached hydrogens (tertiary/aromatic N) is 1. The van der Waals surface area contributed by atoms with E-state index < -0.39 is 0 Å². The number of ether oxygens (including phenoxy) is 1. The summed E-state index contributed by atoms with van der Waals surface area (Å²) >= 11 is 6.15. The van der Waals surface area contributed by atoms with Gasteiger partial charge in [0.25, 0.3) is 0 Å². The SMILES string of the molecule is COc1ccc(NC(=O)NC2CCN(Cc3ccc(F)cc3)CC2)c(Cl)c1. The molecule has 0 spiro atoms. The van der Waals surface area contributed by atoms with Crippen LogP contribution in [0, 0.1) is 5.82 Å². The molecule has 0 atom stereocenters. The molecule has 0 saturated carbocycles. The highest BCUT2D eigenvalue weighted by molar-refractivity contribution is 6.33. The smallest absolute Gasteiger partial charge is 0.319 e. The van der Waals surface area contributed by atoms with Gasteiger partial charge in [-0.1, -0.05) is 23.7 Å². The van der Waals surface area contributed by atoms with Crippen molar-refractivity contribution in [3.63, 3.8) is 0 Å². The molecule has 3 rings (SSSR count). The van der Waals surface area contributed by atoms with E-state index in [9.17, 15) is 9.18 Å². The van der Waals surface area contributed by atoms with Gasteiger partial charge >= 0.3 is 6.03 Å². The maximum atomic E-state index is 13.0. The first-order chi connectivity index (χ1) is 13.0. The zero-order valence-corrected chi connectivity index (χ0v) is 15.9. The lowest BCUT2D eigenvalue weighted by molar-refractivity contribution is 0.190. The number of benzene rings is 2. The molecule has 5 nitrogen and oxygen atoms in total. The Kier molecular flexibility index (Phi) is 6.53. The Labute approximate surface area is 163 Å². The number of rotatable bonds is 5. The predicted octanol–water partition coefficient (Wildman–Crippen LogP) is 4.27. The minimum absolute atomic E-state index is 0.117. The third-order valence-electron chi connectivity index (χ3n) is 4.67. The molecule has 0 aromatic heterocycles. The average Bonchev–Trinajstić information content (AvgIpc) is 2.67. The van der Waals surface area contributed by atoms with Crippen molar-refractivity contribution in [1.82, 2.24) is 10.2 Å². The molecule has 0 bridgehead atoms. The predicted molar refractivity (Wildman–Crippen MR) is 105 cm³/mol. The Morgan fingerprint density at radius 2 is 1.93 bits per heavy atom. The lowest BCUT2D eigenvalue weighted by atomic mass is 10.0. The zero-order chi connectivity index (χ0) is 19.2. The number of carbonyl (C=O) groups is 1. The Bertz CT molecular complexity index is 777. The van der Waals surface area contributed by atoms with Gasteiger partial charge in [-0.3, -0.25) is 4.90 Å². The van der Waals surface area contributed by atoms with Crippen molar-refractivity contribution in [2.45, 2.75) is 25.4 Å². The second kappa shape index (κ2) is 9.06. The van der Waals surface area contributed by atoms with Crippen LogP contribution in [0.5, 0.6) is 5.75 Å². The van der Waals surface area contributed by atoms with Crippen molar-refractivity contribution >= 4 is 23.3 Å². The molecule has 144 valence electrons. The first-order valence-corrected chi connectivity index (χ1v) is 9.29. The number of amides is 2. The van der Waals surface area contributed by atoms with Crippen molar-refractivity contribution in [2.75, 3.05) is 25.5 Å². The Hall–Kier alpha value is -2.31. The number of urea groups is 1. The van der Waals surface area contributed by atoms with Crippen LogP contribution in [0.1, 0.15) is 18.4 Å². The van der Waals surface area contributed by atoms with Gasteiger partial charge in [0, 0.05) is 31.7 Å². The van der Waals surface area contributed by atoms with Gasteiger partial charge in [0.05, 0.1) is 17.8 Å². The molecule has 1 fully saturated rings. The molecule has 0 aliphatic carbocycles. The quantitative estimate of drug-likeness (QED) is 0.800. The van der Waals surface area contributed by atoms with Crippen molar-refractivity contribution in [3.8, 4) is 5.75 Å². The standard InChI is InChI=1S/C20H23ClFN3O2/c1-27-17-6-7-19(18(21)12-17)24-20(26)23-16-8-10-25(11-9-16)13-14-2-4-15(22)5-3-14/h2-7,12,16H,8-11,13H2,1H3,(H2,23,24,26).